The van der Waals surface area contributed by atoms with Crippen molar-refractivity contribution < 1.29 is 8.78 Å². The van der Waals surface area contributed by atoms with Gasteiger partial charge in [0.1, 0.15) is 0 Å². The Morgan fingerprint density at radius 1 is 1.18 bits per heavy atom. The quantitative estimate of drug-likeness (QED) is 0.785. The van der Waals surface area contributed by atoms with E-state index in [9.17, 15) is 8.78 Å². The Balaban J connectivity index is 2.13. The summed E-state index contributed by atoms with van der Waals surface area (Å²) in [5.41, 5.74) is 6.46. The zero-order valence-corrected chi connectivity index (χ0v) is 9.76. The highest BCUT2D eigenvalue weighted by atomic mass is 19.3. The number of nitrogens with two attached hydrogens (primary N) is 1. The van der Waals surface area contributed by atoms with Gasteiger partial charge in [-0.25, -0.2) is 8.78 Å². The van der Waals surface area contributed by atoms with E-state index < -0.39 is 6.43 Å². The maximum atomic E-state index is 12.9. The van der Waals surface area contributed by atoms with E-state index >= 15 is 0 Å². The van der Waals surface area contributed by atoms with Crippen LogP contribution in [0.25, 0.3) is 0 Å². The van der Waals surface area contributed by atoms with E-state index in [4.69, 9.17) is 5.73 Å². The third-order valence-corrected chi connectivity index (χ3v) is 3.28. The second-order valence-corrected chi connectivity index (χ2v) is 4.63. The van der Waals surface area contributed by atoms with E-state index in [0.717, 1.165) is 12.8 Å². The highest BCUT2D eigenvalue weighted by Crippen LogP contribution is 2.31. The summed E-state index contributed by atoms with van der Waals surface area (Å²) < 4.78 is 25.7. The van der Waals surface area contributed by atoms with Crippen molar-refractivity contribution in [2.45, 2.75) is 44.6 Å². The minimum atomic E-state index is -2.48. The van der Waals surface area contributed by atoms with Crippen molar-refractivity contribution in [3.8, 4) is 0 Å². The maximum Gasteiger partial charge on any atom is 0.265 e. The lowest BCUT2D eigenvalue weighted by molar-refractivity contribution is 0.152. The lowest BCUT2D eigenvalue weighted by atomic mass is 9.95. The molecule has 1 aliphatic carbocycles. The highest BCUT2D eigenvalue weighted by Gasteiger charge is 2.18. The molecule has 0 heterocycles. The normalized spacial score (nSPS) is 17.4. The highest BCUT2D eigenvalue weighted by molar-refractivity contribution is 5.59. The molecule has 0 amide bonds. The Bertz CT molecular complexity index is 374. The van der Waals surface area contributed by atoms with Gasteiger partial charge >= 0.3 is 0 Å². The molecule has 0 atom stereocenters. The summed E-state index contributed by atoms with van der Waals surface area (Å²) in [7, 11) is 0. The number of nitrogen functional groups attached to an aromatic ring is 1. The lowest BCUT2D eigenvalue weighted by Gasteiger charge is -2.25. The van der Waals surface area contributed by atoms with Crippen molar-refractivity contribution in [3.05, 3.63) is 23.8 Å². The van der Waals surface area contributed by atoms with Gasteiger partial charge in [0, 0.05) is 23.0 Å². The number of halogens is 2. The molecule has 1 aliphatic rings. The smallest absolute Gasteiger partial charge is 0.265 e. The largest absolute Gasteiger partial charge is 0.399 e. The van der Waals surface area contributed by atoms with Gasteiger partial charge in [-0.05, 0) is 31.0 Å². The van der Waals surface area contributed by atoms with Crippen LogP contribution >= 0.6 is 0 Å². The molecule has 0 saturated heterocycles. The molecule has 0 aliphatic heterocycles. The second-order valence-electron chi connectivity index (χ2n) is 4.63. The molecule has 1 aromatic carbocycles. The van der Waals surface area contributed by atoms with Gasteiger partial charge in [0.05, 0.1) is 0 Å². The third-order valence-electron chi connectivity index (χ3n) is 3.28. The summed E-state index contributed by atoms with van der Waals surface area (Å²) in [5.74, 6) is 0. The molecule has 2 nitrogen and oxygen atoms in total. The Morgan fingerprint density at radius 3 is 2.53 bits per heavy atom. The summed E-state index contributed by atoms with van der Waals surface area (Å²) in [6, 6.07) is 5.00. The van der Waals surface area contributed by atoms with Crippen molar-refractivity contribution in [2.24, 2.45) is 0 Å². The monoisotopic (exact) mass is 240 g/mol. The number of benzene rings is 1. The Labute approximate surface area is 100 Å². The minimum absolute atomic E-state index is 0.00979. The fraction of sp³-hybridized carbons (Fsp3) is 0.538. The number of anilines is 2. The van der Waals surface area contributed by atoms with E-state index in [0.29, 0.717) is 17.4 Å². The van der Waals surface area contributed by atoms with E-state index in [1.165, 1.54) is 25.3 Å². The van der Waals surface area contributed by atoms with Crippen LogP contribution in [0.4, 0.5) is 20.2 Å². The number of hydrogen-bond acceptors (Lipinski definition) is 2. The van der Waals surface area contributed by atoms with Gasteiger partial charge in [0.2, 0.25) is 0 Å². The molecule has 3 N–H and O–H groups in total. The number of hydrogen-bond donors (Lipinski definition) is 2. The van der Waals surface area contributed by atoms with Crippen molar-refractivity contribution in [3.63, 3.8) is 0 Å². The standard InChI is InChI=1S/C13H18F2N2/c14-13(15)11-8-9(16)6-7-12(11)17-10-4-2-1-3-5-10/h6-8,10,13,17H,1-5,16H2. The van der Waals surface area contributed by atoms with Crippen LogP contribution in [0, 0.1) is 0 Å². The predicted molar refractivity (Wildman–Crippen MR) is 66.3 cm³/mol. The summed E-state index contributed by atoms with van der Waals surface area (Å²) >= 11 is 0. The molecule has 4 heteroatoms. The van der Waals surface area contributed by atoms with E-state index in [-0.39, 0.29) is 5.56 Å². The van der Waals surface area contributed by atoms with Gasteiger partial charge in [-0.1, -0.05) is 19.3 Å². The maximum absolute atomic E-state index is 12.9. The Hall–Kier alpha value is -1.32. The first-order chi connectivity index (χ1) is 8.16. The molecule has 1 saturated carbocycles. The predicted octanol–water partition coefficient (Wildman–Crippen LogP) is 3.95. The third kappa shape index (κ3) is 3.08. The first kappa shape index (κ1) is 12.1. The van der Waals surface area contributed by atoms with Gasteiger partial charge in [-0.2, -0.15) is 0 Å². The second kappa shape index (κ2) is 5.34. The van der Waals surface area contributed by atoms with Crippen LogP contribution in [0.1, 0.15) is 44.1 Å². The zero-order chi connectivity index (χ0) is 12.3. The fourth-order valence-corrected chi connectivity index (χ4v) is 2.36. The summed E-state index contributed by atoms with van der Waals surface area (Å²) in [5, 5.41) is 3.22. The molecule has 0 aromatic heterocycles. The van der Waals surface area contributed by atoms with Crippen molar-refractivity contribution >= 4 is 11.4 Å². The van der Waals surface area contributed by atoms with Gasteiger partial charge in [0.15, 0.2) is 0 Å². The van der Waals surface area contributed by atoms with Crippen molar-refractivity contribution in [1.82, 2.24) is 0 Å². The number of rotatable bonds is 3. The van der Waals surface area contributed by atoms with Gasteiger partial charge in [0.25, 0.3) is 6.43 Å². The van der Waals surface area contributed by atoms with Crippen LogP contribution in [-0.4, -0.2) is 6.04 Å². The van der Waals surface area contributed by atoms with Crippen LogP contribution in [0.15, 0.2) is 18.2 Å². The molecule has 1 fully saturated rings. The van der Waals surface area contributed by atoms with E-state index in [1.807, 2.05) is 0 Å². The summed E-state index contributed by atoms with van der Waals surface area (Å²) in [6.45, 7) is 0. The average molecular weight is 240 g/mol. The van der Waals surface area contributed by atoms with Gasteiger partial charge < -0.3 is 11.1 Å². The van der Waals surface area contributed by atoms with Gasteiger partial charge in [-0.3, -0.25) is 0 Å². The Kier molecular flexibility index (Phi) is 3.82. The van der Waals surface area contributed by atoms with Crippen LogP contribution in [0.3, 0.4) is 0 Å². The number of alkyl halides is 2. The zero-order valence-electron chi connectivity index (χ0n) is 9.76. The number of nitrogens with one attached hydrogen (secondary N) is 1. The first-order valence-corrected chi connectivity index (χ1v) is 6.11. The fourth-order valence-electron chi connectivity index (χ4n) is 2.36. The minimum Gasteiger partial charge on any atom is -0.399 e. The lowest BCUT2D eigenvalue weighted by Crippen LogP contribution is -2.23. The SMILES string of the molecule is Nc1ccc(NC2CCCCC2)c(C(F)F)c1. The van der Waals surface area contributed by atoms with Crippen LogP contribution in [-0.2, 0) is 0 Å². The molecule has 0 unspecified atom stereocenters. The molecule has 0 spiro atoms. The van der Waals surface area contributed by atoms with Crippen molar-refractivity contribution in [1.29, 1.82) is 0 Å². The molecular formula is C13H18F2N2. The molecule has 1 aromatic rings. The van der Waals surface area contributed by atoms with E-state index in [1.54, 1.807) is 12.1 Å². The first-order valence-electron chi connectivity index (χ1n) is 6.11. The molecule has 94 valence electrons. The molecule has 17 heavy (non-hydrogen) atoms. The average Bonchev–Trinajstić information content (AvgIpc) is 2.32. The van der Waals surface area contributed by atoms with Crippen LogP contribution in [0.2, 0.25) is 0 Å². The molecule has 0 bridgehead atoms. The van der Waals surface area contributed by atoms with Crippen LogP contribution in [0.5, 0.6) is 0 Å². The summed E-state index contributed by atoms with van der Waals surface area (Å²) in [4.78, 5) is 0. The van der Waals surface area contributed by atoms with Crippen molar-refractivity contribution in [2.75, 3.05) is 11.1 Å². The Morgan fingerprint density at radius 2 is 1.88 bits per heavy atom. The topological polar surface area (TPSA) is 38.0 Å². The molecule has 0 radical (unpaired) electrons. The summed E-state index contributed by atoms with van der Waals surface area (Å²) in [6.07, 6.45) is 3.25. The molecule has 2 rings (SSSR count). The van der Waals surface area contributed by atoms with E-state index in [2.05, 4.69) is 5.32 Å². The van der Waals surface area contributed by atoms with Gasteiger partial charge in [-0.15, -0.1) is 0 Å². The molecular weight excluding hydrogens is 222 g/mol. The van der Waals surface area contributed by atoms with Crippen LogP contribution < -0.4 is 11.1 Å².